The number of para-hydroxylation sites is 1. The second kappa shape index (κ2) is 7.39. The van der Waals surface area contributed by atoms with Gasteiger partial charge in [0.25, 0.3) is 0 Å². The highest BCUT2D eigenvalue weighted by Gasteiger charge is 2.62. The van der Waals surface area contributed by atoms with Gasteiger partial charge in [-0.25, -0.2) is 0 Å². The summed E-state index contributed by atoms with van der Waals surface area (Å²) in [7, 11) is -3.29. The Bertz CT molecular complexity index is 1700. The van der Waals surface area contributed by atoms with E-state index in [1.165, 1.54) is 11.1 Å². The van der Waals surface area contributed by atoms with Crippen molar-refractivity contribution in [1.29, 1.82) is 0 Å². The number of hydrogen-bond acceptors (Lipinski definition) is 3. The van der Waals surface area contributed by atoms with E-state index in [1.54, 1.807) is 0 Å². The topological polar surface area (TPSA) is 42.4 Å². The zero-order chi connectivity index (χ0) is 23.9. The third-order valence-electron chi connectivity index (χ3n) is 8.08. The maximum atomic E-state index is 15.8. The lowest BCUT2D eigenvalue weighted by Crippen LogP contribution is -2.50. The van der Waals surface area contributed by atoms with E-state index >= 15 is 4.57 Å². The zero-order valence-corrected chi connectivity index (χ0v) is 20.3. The fourth-order valence-electron chi connectivity index (χ4n) is 6.70. The van der Waals surface area contributed by atoms with Crippen LogP contribution in [0, 0.1) is 0 Å². The molecule has 0 radical (unpaired) electrons. The van der Waals surface area contributed by atoms with Crippen LogP contribution in [-0.2, 0) is 9.30 Å². The third kappa shape index (κ3) is 2.53. The van der Waals surface area contributed by atoms with Crippen LogP contribution in [0.3, 0.4) is 0 Å². The maximum Gasteiger partial charge on any atom is 0.230 e. The fraction of sp³-hybridized carbons (Fsp3) is 0.129. The van der Waals surface area contributed by atoms with Crippen LogP contribution in [0.1, 0.15) is 34.8 Å². The molecule has 2 bridgehead atoms. The smallest absolute Gasteiger partial charge is 0.230 e. The molecule has 174 valence electrons. The Balaban J connectivity index is 1.49. The number of rotatable bonds is 2. The summed E-state index contributed by atoms with van der Waals surface area (Å²) in [5, 5.41) is 2.77. The molecule has 36 heavy (non-hydrogen) atoms. The second-order valence-electron chi connectivity index (χ2n) is 9.79. The van der Waals surface area contributed by atoms with E-state index in [4.69, 9.17) is 9.72 Å². The van der Waals surface area contributed by atoms with Gasteiger partial charge in [-0.15, -0.1) is 0 Å². The van der Waals surface area contributed by atoms with Crippen LogP contribution in [0.4, 0.5) is 5.69 Å². The molecule has 0 spiro atoms. The Hall–Kier alpha value is -3.72. The van der Waals surface area contributed by atoms with E-state index in [2.05, 4.69) is 65.3 Å². The van der Waals surface area contributed by atoms with Crippen molar-refractivity contribution in [3.63, 3.8) is 0 Å². The van der Waals surface area contributed by atoms with Crippen LogP contribution in [0.2, 0.25) is 0 Å². The summed E-state index contributed by atoms with van der Waals surface area (Å²) in [6, 6.07) is 36.9. The Morgan fingerprint density at radius 3 is 2.22 bits per heavy atom. The first-order valence-corrected chi connectivity index (χ1v) is 14.1. The van der Waals surface area contributed by atoms with Gasteiger partial charge < -0.3 is 9.41 Å². The zero-order valence-electron chi connectivity index (χ0n) is 19.4. The molecule has 8 rings (SSSR count). The average molecular weight is 487 g/mol. The summed E-state index contributed by atoms with van der Waals surface area (Å²) < 4.78 is 24.8. The van der Waals surface area contributed by atoms with E-state index in [1.807, 2.05) is 54.7 Å². The number of pyridine rings is 1. The van der Waals surface area contributed by atoms with Gasteiger partial charge in [-0.2, -0.15) is 0 Å². The lowest BCUT2D eigenvalue weighted by Gasteiger charge is -2.49. The highest BCUT2D eigenvalue weighted by Crippen LogP contribution is 2.68. The van der Waals surface area contributed by atoms with Crippen molar-refractivity contribution in [2.24, 2.45) is 0 Å². The largest absolute Gasteiger partial charge is 0.363 e. The van der Waals surface area contributed by atoms with Gasteiger partial charge >= 0.3 is 0 Å². The molecule has 1 unspecified atom stereocenters. The van der Waals surface area contributed by atoms with Crippen LogP contribution in [0.5, 0.6) is 0 Å². The van der Waals surface area contributed by atoms with E-state index in [9.17, 15) is 0 Å². The summed E-state index contributed by atoms with van der Waals surface area (Å²) in [5.74, 6) is 0.0749. The van der Waals surface area contributed by atoms with Gasteiger partial charge in [-0.3, -0.25) is 9.55 Å². The van der Waals surface area contributed by atoms with Crippen molar-refractivity contribution in [1.82, 2.24) is 4.98 Å². The van der Waals surface area contributed by atoms with Gasteiger partial charge in [0.15, 0.2) is 0 Å². The van der Waals surface area contributed by atoms with E-state index in [-0.39, 0.29) is 24.2 Å². The summed E-state index contributed by atoms with van der Waals surface area (Å²) >= 11 is 0. The van der Waals surface area contributed by atoms with Gasteiger partial charge in [-0.05, 0) is 47.0 Å². The van der Waals surface area contributed by atoms with Crippen molar-refractivity contribution < 1.29 is 9.30 Å². The molecular weight excluding hydrogens is 463 g/mol. The molecule has 3 aliphatic rings. The monoisotopic (exact) mass is 486 g/mol. The van der Waals surface area contributed by atoms with Crippen molar-refractivity contribution in [3.05, 3.63) is 132 Å². The molecule has 0 aliphatic carbocycles. The predicted octanol–water partition coefficient (Wildman–Crippen LogP) is 6.26. The van der Waals surface area contributed by atoms with E-state index < -0.39 is 7.29 Å². The quantitative estimate of drug-likeness (QED) is 0.276. The molecule has 1 aromatic heterocycles. The Labute approximate surface area is 209 Å². The number of fused-ring (bicyclic) bond motifs is 11. The second-order valence-corrected chi connectivity index (χ2v) is 12.4. The van der Waals surface area contributed by atoms with Gasteiger partial charge in [0, 0.05) is 28.1 Å². The maximum absolute atomic E-state index is 15.8. The lowest BCUT2D eigenvalue weighted by molar-refractivity contribution is 0.0651. The Kier molecular flexibility index (Phi) is 4.20. The van der Waals surface area contributed by atoms with Crippen LogP contribution in [0.25, 0.3) is 10.9 Å². The molecule has 0 saturated carbocycles. The number of hydrogen-bond donors (Lipinski definition) is 0. The molecule has 4 aromatic carbocycles. The molecule has 0 N–H and O–H groups in total. The summed E-state index contributed by atoms with van der Waals surface area (Å²) in [4.78, 5) is 4.79. The van der Waals surface area contributed by atoms with Crippen molar-refractivity contribution in [2.45, 2.75) is 24.2 Å². The molecule has 0 amide bonds. The minimum atomic E-state index is -3.29. The van der Waals surface area contributed by atoms with Crippen molar-refractivity contribution >= 4 is 34.5 Å². The first-order valence-electron chi connectivity index (χ1n) is 12.4. The molecular formula is C31H23N2O2P. The van der Waals surface area contributed by atoms with Crippen molar-refractivity contribution in [3.8, 4) is 0 Å². The molecule has 4 heterocycles. The number of ether oxygens (including phenoxy) is 1. The van der Waals surface area contributed by atoms with Crippen LogP contribution in [0.15, 0.2) is 115 Å². The number of anilines is 1. The lowest BCUT2D eigenvalue weighted by atomic mass is 9.76. The Morgan fingerprint density at radius 2 is 1.39 bits per heavy atom. The minimum absolute atomic E-state index is 0.0627. The van der Waals surface area contributed by atoms with Gasteiger partial charge in [0.05, 0.1) is 23.3 Å². The third-order valence-corrected chi connectivity index (χ3v) is 11.2. The predicted molar refractivity (Wildman–Crippen MR) is 144 cm³/mol. The first kappa shape index (κ1) is 20.5. The molecule has 5 aromatic rings. The number of benzene rings is 4. The van der Waals surface area contributed by atoms with Crippen LogP contribution in [-0.4, -0.2) is 11.0 Å². The average Bonchev–Trinajstić information content (AvgIpc) is 3.52. The number of aromatic nitrogens is 1. The van der Waals surface area contributed by atoms with Crippen molar-refractivity contribution in [2.75, 3.05) is 4.67 Å². The normalized spacial score (nSPS) is 27.5. The summed E-state index contributed by atoms with van der Waals surface area (Å²) in [5.41, 5.74) is 5.37. The highest BCUT2D eigenvalue weighted by molar-refractivity contribution is 7.80. The Morgan fingerprint density at radius 1 is 0.694 bits per heavy atom. The summed E-state index contributed by atoms with van der Waals surface area (Å²) in [6.45, 7) is 0. The first-order chi connectivity index (χ1) is 17.8. The number of nitrogens with zero attached hydrogens (tertiary/aromatic N) is 2. The minimum Gasteiger partial charge on any atom is -0.363 e. The van der Waals surface area contributed by atoms with Gasteiger partial charge in [0.2, 0.25) is 7.29 Å². The highest BCUT2D eigenvalue weighted by atomic mass is 31.2. The van der Waals surface area contributed by atoms with E-state index in [0.29, 0.717) is 0 Å². The molecule has 5 heteroatoms. The molecule has 5 atom stereocenters. The molecule has 1 saturated heterocycles. The SMILES string of the molecule is O=P1(c2ccccc2)c2ccccc2[C@H]2[C@H]([C@H]3O[C@@H]2c2ccccc23)N1c1cccc2cccnc12. The standard InChI is InChI=1S/C31H23N2O2P/c34-36(21-12-2-1-3-13-21)26-18-7-6-16-24(26)27-29(31-23-15-5-4-14-22(23)30(27)35-31)33(36)25-17-8-10-20-11-9-19-32-28(20)25/h1-19,27,29-31H/t27-,29+,30+,31-,36?/m0/s1. The summed E-state index contributed by atoms with van der Waals surface area (Å²) in [6.07, 6.45) is 1.59. The van der Waals surface area contributed by atoms with Crippen LogP contribution < -0.4 is 15.3 Å². The van der Waals surface area contributed by atoms with Crippen LogP contribution >= 0.6 is 7.29 Å². The van der Waals surface area contributed by atoms with Gasteiger partial charge in [-0.1, -0.05) is 78.9 Å². The molecule has 4 nitrogen and oxygen atoms in total. The molecule has 1 fully saturated rings. The molecule has 3 aliphatic heterocycles. The van der Waals surface area contributed by atoms with Gasteiger partial charge in [0.1, 0.15) is 6.10 Å². The fourth-order valence-corrected chi connectivity index (χ4v) is 10.0. The van der Waals surface area contributed by atoms with E-state index in [0.717, 1.165) is 32.8 Å².